The second-order valence-electron chi connectivity index (χ2n) is 10.4. The average molecular weight is 543 g/mol. The van der Waals surface area contributed by atoms with Gasteiger partial charge in [0.25, 0.3) is 0 Å². The minimum Gasteiger partial charge on any atom is -0.494 e. The van der Waals surface area contributed by atoms with Crippen LogP contribution in [-0.4, -0.2) is 79.8 Å². The van der Waals surface area contributed by atoms with Gasteiger partial charge in [-0.3, -0.25) is 9.48 Å². The van der Waals surface area contributed by atoms with Crippen molar-refractivity contribution in [1.29, 1.82) is 0 Å². The Morgan fingerprint density at radius 1 is 1.15 bits per heavy atom. The molecule has 0 radical (unpaired) electrons. The summed E-state index contributed by atoms with van der Waals surface area (Å²) < 4.78 is 7.64. The van der Waals surface area contributed by atoms with Crippen LogP contribution in [0.3, 0.4) is 0 Å². The number of methoxy groups -OCH3 is 1. The number of hydrogen-bond donors (Lipinski definition) is 2. The Hall–Kier alpha value is -4.22. The number of hydrogen-bond acceptors (Lipinski definition) is 8. The van der Waals surface area contributed by atoms with E-state index in [0.29, 0.717) is 22.9 Å². The van der Waals surface area contributed by atoms with E-state index in [4.69, 9.17) is 4.74 Å². The smallest absolute Gasteiger partial charge is 0.247 e. The van der Waals surface area contributed by atoms with Gasteiger partial charge in [-0.05, 0) is 38.2 Å². The molecule has 0 aliphatic carbocycles. The highest BCUT2D eigenvalue weighted by molar-refractivity contribution is 6.15. The van der Waals surface area contributed by atoms with Crippen molar-refractivity contribution in [2.75, 3.05) is 49.3 Å². The molecule has 10 nitrogen and oxygen atoms in total. The number of carbonyl (C=O) groups excluding carboxylic acids is 1. The first-order valence-electron chi connectivity index (χ1n) is 12.8. The summed E-state index contributed by atoms with van der Waals surface area (Å²) >= 11 is 0. The van der Waals surface area contributed by atoms with Crippen LogP contribution < -0.4 is 20.3 Å². The molecule has 1 fully saturated rings. The highest BCUT2D eigenvalue weighted by Crippen LogP contribution is 2.40. The molecular formula is C28H34N8O2Si. The van der Waals surface area contributed by atoms with E-state index in [0.717, 1.165) is 57.7 Å². The standard InChI is InChI=1S/C28H34N8O2Si/c1-6-27(37)33-21-12-22(25(38-5)14-24(21)36-10-9-34(3)28(2,39)16-36)32-26-13-20(29-17-30-26)18-7-8-23-19(11-18)15-31-35(23)4/h6-8,11-15,17H,1,9-10,16H2,2-5,39H3,(H,33,37)(H,29,30,32)/t28-/m0/s1. The average Bonchev–Trinajstić information content (AvgIpc) is 3.30. The molecule has 1 aliphatic rings. The van der Waals surface area contributed by atoms with Crippen LogP contribution in [0.15, 0.2) is 61.6 Å². The molecule has 1 saturated heterocycles. The van der Waals surface area contributed by atoms with Crippen LogP contribution in [0.2, 0.25) is 0 Å². The number of amides is 1. The van der Waals surface area contributed by atoms with Crippen molar-refractivity contribution in [3.05, 3.63) is 61.6 Å². The number of aromatic nitrogens is 4. The predicted octanol–water partition coefficient (Wildman–Crippen LogP) is 2.74. The van der Waals surface area contributed by atoms with Crippen LogP contribution in [0.25, 0.3) is 22.2 Å². The zero-order valence-corrected chi connectivity index (χ0v) is 25.0. The number of aryl methyl sites for hydroxylation is 1. The maximum Gasteiger partial charge on any atom is 0.247 e. The molecule has 0 spiro atoms. The van der Waals surface area contributed by atoms with Gasteiger partial charge in [0.1, 0.15) is 17.9 Å². The van der Waals surface area contributed by atoms with E-state index in [-0.39, 0.29) is 11.1 Å². The lowest BCUT2D eigenvalue weighted by Gasteiger charge is -2.46. The summed E-state index contributed by atoms with van der Waals surface area (Å²) in [6.45, 7) is 8.54. The third-order valence-electron chi connectivity index (χ3n) is 7.39. The topological polar surface area (TPSA) is 100 Å². The van der Waals surface area contributed by atoms with Crippen LogP contribution in [0.4, 0.5) is 22.9 Å². The molecule has 0 saturated carbocycles. The van der Waals surface area contributed by atoms with Gasteiger partial charge in [0, 0.05) is 65.2 Å². The third kappa shape index (κ3) is 5.36. The number of rotatable bonds is 7. The Balaban J connectivity index is 1.49. The molecule has 2 aromatic heterocycles. The monoisotopic (exact) mass is 542 g/mol. The van der Waals surface area contributed by atoms with Crippen LogP contribution in [0.5, 0.6) is 5.75 Å². The summed E-state index contributed by atoms with van der Waals surface area (Å²) in [6.07, 6.45) is 4.65. The summed E-state index contributed by atoms with van der Waals surface area (Å²) in [5.41, 5.74) is 5.06. The van der Waals surface area contributed by atoms with Gasteiger partial charge >= 0.3 is 0 Å². The van der Waals surface area contributed by atoms with Gasteiger partial charge in [-0.25, -0.2) is 9.97 Å². The van der Waals surface area contributed by atoms with Crippen molar-refractivity contribution in [2.45, 2.75) is 12.1 Å². The number of piperazine rings is 1. The van der Waals surface area contributed by atoms with Crippen molar-refractivity contribution < 1.29 is 9.53 Å². The van der Waals surface area contributed by atoms with Crippen molar-refractivity contribution in [2.24, 2.45) is 7.05 Å². The van der Waals surface area contributed by atoms with Crippen molar-refractivity contribution in [1.82, 2.24) is 24.6 Å². The maximum atomic E-state index is 12.4. The van der Waals surface area contributed by atoms with Crippen LogP contribution in [0.1, 0.15) is 6.92 Å². The highest BCUT2D eigenvalue weighted by atomic mass is 28.1. The lowest BCUT2D eigenvalue weighted by molar-refractivity contribution is -0.111. The molecule has 11 heteroatoms. The molecule has 1 amide bonds. The SMILES string of the molecule is C=CC(=O)Nc1cc(Nc2cc(-c3ccc4c(cnn4C)c3)ncn2)c(OC)cc1N1CCN(C)[C@@](C)([SiH3])C1. The van der Waals surface area contributed by atoms with Crippen molar-refractivity contribution in [3.63, 3.8) is 0 Å². The molecule has 4 aromatic rings. The second kappa shape index (κ2) is 10.5. The number of nitrogens with one attached hydrogen (secondary N) is 2. The maximum absolute atomic E-state index is 12.4. The van der Waals surface area contributed by atoms with E-state index >= 15 is 0 Å². The normalized spacial score (nSPS) is 17.8. The Bertz CT molecular complexity index is 1550. The first-order chi connectivity index (χ1) is 18.7. The Labute approximate surface area is 231 Å². The largest absolute Gasteiger partial charge is 0.494 e. The van der Waals surface area contributed by atoms with Crippen LogP contribution >= 0.6 is 0 Å². The molecule has 1 atom stereocenters. The predicted molar refractivity (Wildman–Crippen MR) is 160 cm³/mol. The van der Waals surface area contributed by atoms with E-state index in [9.17, 15) is 4.79 Å². The molecular weight excluding hydrogens is 508 g/mol. The van der Waals surface area contributed by atoms with Gasteiger partial charge in [-0.2, -0.15) is 5.10 Å². The van der Waals surface area contributed by atoms with Crippen LogP contribution in [0, 0.1) is 0 Å². The zero-order valence-electron chi connectivity index (χ0n) is 23.0. The zero-order chi connectivity index (χ0) is 27.7. The number of fused-ring (bicyclic) bond motifs is 1. The first-order valence-corrected chi connectivity index (χ1v) is 13.8. The van der Waals surface area contributed by atoms with Gasteiger partial charge in [0.15, 0.2) is 0 Å². The number of ether oxygens (including phenoxy) is 1. The molecule has 2 N–H and O–H groups in total. The number of likely N-dealkylation sites (N-methyl/N-ethyl adjacent to an activating group) is 1. The van der Waals surface area contributed by atoms with E-state index < -0.39 is 0 Å². The fourth-order valence-electron chi connectivity index (χ4n) is 4.87. The Kier molecular flexibility index (Phi) is 7.11. The number of carbonyl (C=O) groups is 1. The van der Waals surface area contributed by atoms with Gasteiger partial charge in [-0.15, -0.1) is 0 Å². The molecule has 3 heterocycles. The highest BCUT2D eigenvalue weighted by Gasteiger charge is 2.32. The Morgan fingerprint density at radius 3 is 2.72 bits per heavy atom. The van der Waals surface area contributed by atoms with E-state index in [2.05, 4.69) is 62.1 Å². The Morgan fingerprint density at radius 2 is 1.97 bits per heavy atom. The fourth-order valence-corrected chi connectivity index (χ4v) is 5.48. The first kappa shape index (κ1) is 26.4. The third-order valence-corrected chi connectivity index (χ3v) is 8.47. The molecule has 1 aliphatic heterocycles. The summed E-state index contributed by atoms with van der Waals surface area (Å²) in [5.74, 6) is 0.975. The molecule has 202 valence electrons. The summed E-state index contributed by atoms with van der Waals surface area (Å²) in [7, 11) is 6.75. The molecule has 2 aromatic carbocycles. The molecule has 39 heavy (non-hydrogen) atoms. The van der Waals surface area contributed by atoms with Crippen molar-refractivity contribution in [3.8, 4) is 17.0 Å². The molecule has 0 bridgehead atoms. The number of anilines is 4. The van der Waals surface area contributed by atoms with Gasteiger partial charge in [-0.1, -0.05) is 12.6 Å². The quantitative estimate of drug-likeness (QED) is 0.272. The van der Waals surface area contributed by atoms with Crippen molar-refractivity contribution >= 4 is 49.9 Å². The van der Waals surface area contributed by atoms with Gasteiger partial charge in [0.2, 0.25) is 5.91 Å². The second-order valence-corrected chi connectivity index (χ2v) is 12.5. The van der Waals surface area contributed by atoms with E-state index in [1.165, 1.54) is 12.4 Å². The molecule has 5 rings (SSSR count). The fraction of sp³-hybridized carbons (Fsp3) is 0.286. The van der Waals surface area contributed by atoms with Gasteiger partial charge < -0.3 is 25.2 Å². The van der Waals surface area contributed by atoms with Gasteiger partial charge in [0.05, 0.1) is 41.6 Å². The molecule has 0 unspecified atom stereocenters. The van der Waals surface area contributed by atoms with E-state index in [1.807, 2.05) is 48.3 Å². The minimum absolute atomic E-state index is 0.109. The summed E-state index contributed by atoms with van der Waals surface area (Å²) in [4.78, 5) is 26.0. The summed E-state index contributed by atoms with van der Waals surface area (Å²) in [5, 5.41) is 11.8. The lowest BCUT2D eigenvalue weighted by Crippen LogP contribution is -2.60. The minimum atomic E-state index is -0.273. The van der Waals surface area contributed by atoms with E-state index in [1.54, 1.807) is 7.11 Å². The van der Waals surface area contributed by atoms with Crippen LogP contribution in [-0.2, 0) is 11.8 Å². The number of benzene rings is 2. The lowest BCUT2D eigenvalue weighted by atomic mass is 10.1. The summed E-state index contributed by atoms with van der Waals surface area (Å²) in [6, 6.07) is 11.9. The number of nitrogens with zero attached hydrogens (tertiary/aromatic N) is 6.